The number of ether oxygens (including phenoxy) is 1. The molecule has 0 aromatic carbocycles. The number of hydrogen-bond acceptors (Lipinski definition) is 2. The first-order chi connectivity index (χ1) is 8.65. The van der Waals surface area contributed by atoms with Crippen molar-refractivity contribution in [2.24, 2.45) is 0 Å². The first-order valence-corrected chi connectivity index (χ1v) is 6.99. The molecular weight excluding hydrogens is 222 g/mol. The van der Waals surface area contributed by atoms with Gasteiger partial charge in [-0.25, -0.2) is 0 Å². The second-order valence-corrected chi connectivity index (χ2v) is 4.83. The molecule has 102 valence electrons. The maximum atomic E-state index is 6.07. The van der Waals surface area contributed by atoms with Gasteiger partial charge in [-0.3, -0.25) is 0 Å². The highest BCUT2D eigenvalue weighted by Crippen LogP contribution is 2.28. The fourth-order valence-electron chi connectivity index (χ4n) is 2.38. The molecule has 0 aliphatic heterocycles. The number of allylic oxidation sites excluding steroid dienone is 6. The predicted octanol–water partition coefficient (Wildman–Crippen LogP) is 3.96. The van der Waals surface area contributed by atoms with Gasteiger partial charge in [-0.15, -0.1) is 0 Å². The summed E-state index contributed by atoms with van der Waals surface area (Å²) < 4.78 is 6.07. The standard InChI is InChI=1S/C16H27NO/c1-6-9-16(13(7-2)8-3)12(4)18-15-10-14(11-15)17-5/h6-7,9,14-15,17H,8,10-11H2,1-5H3/b9-6-,13-7+,16-12-. The Morgan fingerprint density at radius 3 is 2.44 bits per heavy atom. The quantitative estimate of drug-likeness (QED) is 0.568. The minimum atomic E-state index is 0.387. The van der Waals surface area contributed by atoms with E-state index in [2.05, 4.69) is 51.2 Å². The molecule has 0 atom stereocenters. The Kier molecular flexibility index (Phi) is 6.20. The summed E-state index contributed by atoms with van der Waals surface area (Å²) in [6, 6.07) is 0.639. The van der Waals surface area contributed by atoms with Gasteiger partial charge in [-0.1, -0.05) is 25.2 Å². The lowest BCUT2D eigenvalue weighted by Crippen LogP contribution is -2.43. The summed E-state index contributed by atoms with van der Waals surface area (Å²) in [7, 11) is 2.02. The molecule has 1 fully saturated rings. The second kappa shape index (κ2) is 7.42. The van der Waals surface area contributed by atoms with Crippen LogP contribution in [0, 0.1) is 0 Å². The van der Waals surface area contributed by atoms with Crippen LogP contribution in [0.2, 0.25) is 0 Å². The van der Waals surface area contributed by atoms with E-state index in [1.807, 2.05) is 7.05 Å². The average molecular weight is 249 g/mol. The molecule has 0 saturated heterocycles. The maximum absolute atomic E-state index is 6.07. The lowest BCUT2D eigenvalue weighted by Gasteiger charge is -2.35. The van der Waals surface area contributed by atoms with Gasteiger partial charge >= 0.3 is 0 Å². The molecule has 0 bridgehead atoms. The molecule has 2 nitrogen and oxygen atoms in total. The molecule has 0 heterocycles. The third kappa shape index (κ3) is 3.74. The van der Waals surface area contributed by atoms with E-state index in [-0.39, 0.29) is 0 Å². The van der Waals surface area contributed by atoms with Gasteiger partial charge in [0.05, 0.1) is 0 Å². The summed E-state index contributed by atoms with van der Waals surface area (Å²) in [5.74, 6) is 1.06. The van der Waals surface area contributed by atoms with Crippen molar-refractivity contribution in [1.82, 2.24) is 5.32 Å². The van der Waals surface area contributed by atoms with Crippen LogP contribution in [-0.4, -0.2) is 19.2 Å². The molecule has 18 heavy (non-hydrogen) atoms. The average Bonchev–Trinajstić information content (AvgIpc) is 2.33. The van der Waals surface area contributed by atoms with Crippen molar-refractivity contribution < 1.29 is 4.74 Å². The van der Waals surface area contributed by atoms with Crippen molar-refractivity contribution >= 4 is 0 Å². The molecule has 2 heteroatoms. The maximum Gasteiger partial charge on any atom is 0.101 e. The van der Waals surface area contributed by atoms with Gasteiger partial charge in [0.2, 0.25) is 0 Å². The van der Waals surface area contributed by atoms with Crippen LogP contribution in [0.1, 0.15) is 47.0 Å². The van der Waals surface area contributed by atoms with Crippen LogP contribution in [0.4, 0.5) is 0 Å². The second-order valence-electron chi connectivity index (χ2n) is 4.83. The third-order valence-electron chi connectivity index (χ3n) is 3.63. The van der Waals surface area contributed by atoms with Crippen LogP contribution in [0.15, 0.2) is 35.1 Å². The zero-order valence-electron chi connectivity index (χ0n) is 12.4. The third-order valence-corrected chi connectivity index (χ3v) is 3.63. The molecule has 0 radical (unpaired) electrons. The molecule has 0 aromatic heterocycles. The molecule has 0 amide bonds. The predicted molar refractivity (Wildman–Crippen MR) is 78.5 cm³/mol. The Labute approximate surface area is 112 Å². The zero-order valence-corrected chi connectivity index (χ0v) is 12.4. The monoisotopic (exact) mass is 249 g/mol. The van der Waals surface area contributed by atoms with E-state index in [1.54, 1.807) is 0 Å². The van der Waals surface area contributed by atoms with Crippen LogP contribution in [-0.2, 0) is 4.74 Å². The van der Waals surface area contributed by atoms with E-state index in [1.165, 1.54) is 11.1 Å². The highest BCUT2D eigenvalue weighted by Gasteiger charge is 2.29. The molecule has 0 spiro atoms. The molecule has 1 N–H and O–H groups in total. The SMILES string of the molecule is C\C=C/C(=C(\C)OC1CC(NC)C1)C(=C/C)/CC. The van der Waals surface area contributed by atoms with Crippen molar-refractivity contribution in [1.29, 1.82) is 0 Å². The summed E-state index contributed by atoms with van der Waals surface area (Å²) in [5, 5.41) is 3.28. The Balaban J connectivity index is 2.72. The fourth-order valence-corrected chi connectivity index (χ4v) is 2.38. The summed E-state index contributed by atoms with van der Waals surface area (Å²) >= 11 is 0. The van der Waals surface area contributed by atoms with Gasteiger partial charge < -0.3 is 10.1 Å². The summed E-state index contributed by atoms with van der Waals surface area (Å²) in [5.41, 5.74) is 2.60. The smallest absolute Gasteiger partial charge is 0.101 e. The molecule has 1 aliphatic carbocycles. The first-order valence-electron chi connectivity index (χ1n) is 6.99. The van der Waals surface area contributed by atoms with E-state index >= 15 is 0 Å². The number of hydrogen-bond donors (Lipinski definition) is 1. The Hall–Kier alpha value is -1.02. The van der Waals surface area contributed by atoms with E-state index < -0.39 is 0 Å². The molecule has 0 aromatic rings. The lowest BCUT2D eigenvalue weighted by atomic mass is 9.89. The molecule has 1 aliphatic rings. The lowest BCUT2D eigenvalue weighted by molar-refractivity contribution is 0.0296. The molecule has 1 rings (SSSR count). The van der Waals surface area contributed by atoms with Crippen LogP contribution in [0.25, 0.3) is 0 Å². The van der Waals surface area contributed by atoms with Crippen LogP contribution >= 0.6 is 0 Å². The van der Waals surface area contributed by atoms with Crippen molar-refractivity contribution in [2.75, 3.05) is 7.05 Å². The number of rotatable bonds is 6. The minimum Gasteiger partial charge on any atom is -0.494 e. The molecule has 0 unspecified atom stereocenters. The van der Waals surface area contributed by atoms with Crippen LogP contribution in [0.5, 0.6) is 0 Å². The number of nitrogens with one attached hydrogen (secondary N) is 1. The van der Waals surface area contributed by atoms with Crippen LogP contribution < -0.4 is 5.32 Å². The normalized spacial score (nSPS) is 25.9. The molecular formula is C16H27NO. The molecule has 1 saturated carbocycles. The Bertz CT molecular complexity index is 346. The van der Waals surface area contributed by atoms with Gasteiger partial charge in [0.15, 0.2) is 0 Å². The van der Waals surface area contributed by atoms with E-state index in [4.69, 9.17) is 4.74 Å². The highest BCUT2D eigenvalue weighted by atomic mass is 16.5. The van der Waals surface area contributed by atoms with E-state index in [0.717, 1.165) is 25.0 Å². The highest BCUT2D eigenvalue weighted by molar-refractivity contribution is 5.41. The van der Waals surface area contributed by atoms with Gasteiger partial charge in [0.1, 0.15) is 11.9 Å². The van der Waals surface area contributed by atoms with Crippen molar-refractivity contribution in [3.63, 3.8) is 0 Å². The van der Waals surface area contributed by atoms with Gasteiger partial charge in [-0.05, 0) is 52.7 Å². The summed E-state index contributed by atoms with van der Waals surface area (Å²) in [6.45, 7) is 8.42. The largest absolute Gasteiger partial charge is 0.494 e. The van der Waals surface area contributed by atoms with Crippen molar-refractivity contribution in [3.05, 3.63) is 35.1 Å². The Morgan fingerprint density at radius 1 is 1.33 bits per heavy atom. The van der Waals surface area contributed by atoms with E-state index in [0.29, 0.717) is 12.1 Å². The van der Waals surface area contributed by atoms with Crippen molar-refractivity contribution in [3.8, 4) is 0 Å². The summed E-state index contributed by atoms with van der Waals surface area (Å²) in [6.07, 6.45) is 10.1. The fraction of sp³-hybridized carbons (Fsp3) is 0.625. The van der Waals surface area contributed by atoms with Gasteiger partial charge in [0.25, 0.3) is 0 Å². The van der Waals surface area contributed by atoms with Crippen molar-refractivity contribution in [2.45, 2.75) is 59.1 Å². The Morgan fingerprint density at radius 2 is 2.00 bits per heavy atom. The zero-order chi connectivity index (χ0) is 13.5. The minimum absolute atomic E-state index is 0.387. The van der Waals surface area contributed by atoms with E-state index in [9.17, 15) is 0 Å². The van der Waals surface area contributed by atoms with Gasteiger partial charge in [-0.2, -0.15) is 0 Å². The van der Waals surface area contributed by atoms with Gasteiger partial charge in [0, 0.05) is 11.6 Å². The first kappa shape index (κ1) is 15.0. The van der Waals surface area contributed by atoms with Crippen LogP contribution in [0.3, 0.4) is 0 Å². The summed E-state index contributed by atoms with van der Waals surface area (Å²) in [4.78, 5) is 0. The topological polar surface area (TPSA) is 21.3 Å².